The second-order valence-corrected chi connectivity index (χ2v) is 13.3. The van der Waals surface area contributed by atoms with Crippen molar-refractivity contribution in [3.63, 3.8) is 0 Å². The largest absolute Gasteiger partial charge is 0.460 e. The molecule has 318 valence electrons. The molecule has 0 heterocycles. The van der Waals surface area contributed by atoms with Crippen LogP contribution in [0.15, 0.2) is 28.5 Å². The Bertz CT molecular complexity index is 1480. The van der Waals surface area contributed by atoms with Crippen LogP contribution in [0.5, 0.6) is 0 Å². The Kier molecular flexibility index (Phi) is 14.0. The van der Waals surface area contributed by atoms with Gasteiger partial charge in [-0.15, -0.1) is 23.5 Å². The van der Waals surface area contributed by atoms with Crippen molar-refractivity contribution in [3.05, 3.63) is 39.6 Å². The molecule has 0 saturated heterocycles. The minimum atomic E-state index is -8.28. The molecule has 0 atom stereocenters. The van der Waals surface area contributed by atoms with Gasteiger partial charge in [0.1, 0.15) is 6.07 Å². The monoisotopic (exact) mass is 899 g/mol. The smallest absolute Gasteiger partial charge is 0.200 e. The van der Waals surface area contributed by atoms with E-state index in [-0.39, 0.29) is 0 Å². The van der Waals surface area contributed by atoms with E-state index in [2.05, 4.69) is 0 Å². The number of rotatable bonds is 17. The lowest BCUT2D eigenvalue weighted by molar-refractivity contribution is -0.439. The standard InChI is InChI=1S/C26H15F26NS2/c1-11-2-4-12(5-3-11)13(10-53)14(54-8-6-15(27,28)17(31,32)19(35,36)21(39,40)23(43,44)25(47,48)49)55-9-7-16(29,30)18(33,34)20(37,38)22(41,42)24(45,46)26(50,51)52/h2-5H,6-9H2,1H3. The molecule has 0 aromatic heterocycles. The fourth-order valence-electron chi connectivity index (χ4n) is 3.60. The average molecular weight is 899 g/mol. The van der Waals surface area contributed by atoms with Crippen molar-refractivity contribution < 1.29 is 114 Å². The number of hydrogen-bond donors (Lipinski definition) is 0. The van der Waals surface area contributed by atoms with Crippen LogP contribution in [-0.2, 0) is 0 Å². The molecule has 0 spiro atoms. The summed E-state index contributed by atoms with van der Waals surface area (Å²) in [5.41, 5.74) is -1.14. The summed E-state index contributed by atoms with van der Waals surface area (Å²) in [5, 5.41) is 9.51. The van der Waals surface area contributed by atoms with Gasteiger partial charge in [0.15, 0.2) is 0 Å². The lowest BCUT2D eigenvalue weighted by atomic mass is 9.93. The van der Waals surface area contributed by atoms with Gasteiger partial charge in [-0.1, -0.05) is 29.8 Å². The molecule has 55 heavy (non-hydrogen) atoms. The fraction of sp³-hybridized carbons (Fsp3) is 0.654. The Morgan fingerprint density at radius 3 is 0.982 bits per heavy atom. The van der Waals surface area contributed by atoms with E-state index in [0.717, 1.165) is 24.3 Å². The van der Waals surface area contributed by atoms with Gasteiger partial charge in [0.05, 0.1) is 9.81 Å². The first-order valence-corrected chi connectivity index (χ1v) is 15.4. The zero-order valence-corrected chi connectivity index (χ0v) is 27.4. The van der Waals surface area contributed by atoms with Gasteiger partial charge in [0.25, 0.3) is 0 Å². The second kappa shape index (κ2) is 15.3. The van der Waals surface area contributed by atoms with E-state index >= 15 is 0 Å². The summed E-state index contributed by atoms with van der Waals surface area (Å²) in [7, 11) is 0. The summed E-state index contributed by atoms with van der Waals surface area (Å²) in [6.45, 7) is 1.36. The third kappa shape index (κ3) is 8.49. The predicted octanol–water partition coefficient (Wildman–Crippen LogP) is 12.9. The summed E-state index contributed by atoms with van der Waals surface area (Å²) in [6.07, 6.45) is -21.4. The van der Waals surface area contributed by atoms with E-state index in [4.69, 9.17) is 0 Å². The van der Waals surface area contributed by atoms with E-state index in [9.17, 15) is 119 Å². The third-order valence-electron chi connectivity index (χ3n) is 6.95. The van der Waals surface area contributed by atoms with Gasteiger partial charge in [-0.2, -0.15) is 119 Å². The number of alkyl halides is 26. The van der Waals surface area contributed by atoms with Crippen LogP contribution in [0.1, 0.15) is 24.0 Å². The number of nitriles is 1. The maximum atomic E-state index is 14.3. The van der Waals surface area contributed by atoms with E-state index in [0.29, 0.717) is 5.56 Å². The minimum absolute atomic E-state index is 0.342. The molecule has 0 aliphatic heterocycles. The Balaban J connectivity index is 3.56. The van der Waals surface area contributed by atoms with Crippen LogP contribution in [0.25, 0.3) is 5.57 Å². The molecule has 1 aromatic carbocycles. The Morgan fingerprint density at radius 2 is 0.727 bits per heavy atom. The van der Waals surface area contributed by atoms with Crippen LogP contribution in [0.3, 0.4) is 0 Å². The first kappa shape index (κ1) is 50.3. The van der Waals surface area contributed by atoms with Gasteiger partial charge in [-0.3, -0.25) is 0 Å². The van der Waals surface area contributed by atoms with Crippen molar-refractivity contribution in [3.8, 4) is 6.07 Å². The maximum absolute atomic E-state index is 14.3. The number of nitrogens with zero attached hydrogens (tertiary/aromatic N) is 1. The SMILES string of the molecule is Cc1ccc(C(C#N)=C(SCCC(F)(F)C(F)(F)C(F)(F)C(F)(F)C(F)(F)C(F)(F)F)SCCC(F)(F)C(F)(F)C(F)(F)C(F)(F)C(F)(F)C(F)(F)F)cc1. The molecule has 0 amide bonds. The highest BCUT2D eigenvalue weighted by Gasteiger charge is 2.92. The van der Waals surface area contributed by atoms with Crippen LogP contribution < -0.4 is 0 Å². The Morgan fingerprint density at radius 1 is 0.455 bits per heavy atom. The number of benzene rings is 1. The summed E-state index contributed by atoms with van der Waals surface area (Å²) < 4.78 is 348. The summed E-state index contributed by atoms with van der Waals surface area (Å²) in [5.74, 6) is -82.1. The van der Waals surface area contributed by atoms with Crippen molar-refractivity contribution in [1.82, 2.24) is 0 Å². The lowest BCUT2D eigenvalue weighted by Crippen LogP contribution is -2.70. The molecule has 1 aromatic rings. The minimum Gasteiger partial charge on any atom is -0.200 e. The van der Waals surface area contributed by atoms with Gasteiger partial charge < -0.3 is 0 Å². The molecule has 29 heteroatoms. The molecule has 0 bridgehead atoms. The fourth-order valence-corrected chi connectivity index (χ4v) is 6.13. The van der Waals surface area contributed by atoms with E-state index in [1.54, 1.807) is 0 Å². The molecule has 0 aliphatic carbocycles. The molecule has 0 N–H and O–H groups in total. The third-order valence-corrected chi connectivity index (χ3v) is 9.41. The lowest BCUT2D eigenvalue weighted by Gasteiger charge is -2.39. The molecule has 0 fully saturated rings. The number of aryl methyl sites for hydroxylation is 1. The number of hydrogen-bond acceptors (Lipinski definition) is 3. The van der Waals surface area contributed by atoms with Crippen LogP contribution >= 0.6 is 23.5 Å². The van der Waals surface area contributed by atoms with Crippen molar-refractivity contribution in [2.24, 2.45) is 0 Å². The average Bonchev–Trinajstić information content (AvgIpc) is 3.00. The highest BCUT2D eigenvalue weighted by atomic mass is 32.2. The number of thioether (sulfide) groups is 2. The van der Waals surface area contributed by atoms with Crippen molar-refractivity contribution >= 4 is 29.1 Å². The Labute approximate surface area is 297 Å². The van der Waals surface area contributed by atoms with Gasteiger partial charge in [0, 0.05) is 24.3 Å². The molecule has 1 nitrogen and oxygen atoms in total. The van der Waals surface area contributed by atoms with Crippen molar-refractivity contribution in [2.75, 3.05) is 11.5 Å². The topological polar surface area (TPSA) is 23.8 Å². The Hall–Kier alpha value is -2.67. The molecule has 0 radical (unpaired) electrons. The number of allylic oxidation sites excluding steroid dienone is 1. The summed E-state index contributed by atoms with van der Waals surface area (Å²) in [4.78, 5) is 0. The predicted molar refractivity (Wildman–Crippen MR) is 139 cm³/mol. The zero-order valence-electron chi connectivity index (χ0n) is 25.7. The van der Waals surface area contributed by atoms with Gasteiger partial charge in [0.2, 0.25) is 0 Å². The normalized spacial score (nSPS) is 15.2. The number of halogens is 26. The molecular weight excluding hydrogens is 884 g/mol. The van der Waals surface area contributed by atoms with Crippen molar-refractivity contribution in [1.29, 1.82) is 5.26 Å². The van der Waals surface area contributed by atoms with Gasteiger partial charge in [-0.05, 0) is 12.5 Å². The molecule has 1 rings (SSSR count). The highest BCUT2D eigenvalue weighted by molar-refractivity contribution is 8.22. The van der Waals surface area contributed by atoms with Gasteiger partial charge in [-0.25, -0.2) is 0 Å². The van der Waals surface area contributed by atoms with Crippen LogP contribution in [-0.4, -0.2) is 83.1 Å². The first-order chi connectivity index (χ1) is 24.0. The summed E-state index contributed by atoms with van der Waals surface area (Å²) >= 11 is -1.16. The molecular formula is C26H15F26NS2. The quantitative estimate of drug-likeness (QED) is 0.115. The summed E-state index contributed by atoms with van der Waals surface area (Å²) in [6, 6.07) is 5.24. The molecule has 0 aliphatic rings. The second-order valence-electron chi connectivity index (χ2n) is 10.8. The highest BCUT2D eigenvalue weighted by Crippen LogP contribution is 2.62. The van der Waals surface area contributed by atoms with E-state index in [1.807, 2.05) is 0 Å². The van der Waals surface area contributed by atoms with Gasteiger partial charge >= 0.3 is 71.6 Å². The van der Waals surface area contributed by atoms with Crippen LogP contribution in [0.2, 0.25) is 0 Å². The van der Waals surface area contributed by atoms with E-state index < -0.39 is 135 Å². The van der Waals surface area contributed by atoms with E-state index in [1.165, 1.54) is 13.0 Å². The van der Waals surface area contributed by atoms with Crippen LogP contribution in [0, 0.1) is 18.3 Å². The van der Waals surface area contributed by atoms with Crippen molar-refractivity contribution in [2.45, 2.75) is 91.3 Å². The molecule has 0 unspecified atom stereocenters. The zero-order chi connectivity index (χ0) is 44.1. The first-order valence-electron chi connectivity index (χ1n) is 13.4. The molecule has 0 saturated carbocycles. The maximum Gasteiger partial charge on any atom is 0.460 e. The van der Waals surface area contributed by atoms with Crippen LogP contribution in [0.4, 0.5) is 114 Å².